The van der Waals surface area contributed by atoms with Crippen molar-refractivity contribution in [3.05, 3.63) is 41.0 Å². The van der Waals surface area contributed by atoms with Gasteiger partial charge in [0.25, 0.3) is 0 Å². The highest BCUT2D eigenvalue weighted by atomic mass is 19.1. The Kier molecular flexibility index (Phi) is 5.41. The molecule has 0 fully saturated rings. The Morgan fingerprint density at radius 1 is 1.18 bits per heavy atom. The number of fused-ring (bicyclic) bond motifs is 1. The van der Waals surface area contributed by atoms with Gasteiger partial charge < -0.3 is 0 Å². The molecule has 0 saturated heterocycles. The van der Waals surface area contributed by atoms with E-state index in [0.717, 1.165) is 59.5 Å². The number of aromatic nitrogens is 6. The maximum Gasteiger partial charge on any atom is 0.207 e. The summed E-state index contributed by atoms with van der Waals surface area (Å²) < 4.78 is 14.4. The van der Waals surface area contributed by atoms with Crippen molar-refractivity contribution in [1.82, 2.24) is 30.6 Å². The fourth-order valence-corrected chi connectivity index (χ4v) is 4.00. The molecular weight excluding hydrogens is 355 g/mol. The van der Waals surface area contributed by atoms with Gasteiger partial charge in [0.05, 0.1) is 11.3 Å². The molecule has 0 radical (unpaired) electrons. The van der Waals surface area contributed by atoms with E-state index in [1.54, 1.807) is 0 Å². The molecule has 4 rings (SSSR count). The molecule has 0 aromatic carbocycles. The van der Waals surface area contributed by atoms with Gasteiger partial charge in [0.1, 0.15) is 6.17 Å². The lowest BCUT2D eigenvalue weighted by Gasteiger charge is -2.20. The molecule has 0 aliphatic heterocycles. The predicted molar refractivity (Wildman–Crippen MR) is 106 cm³/mol. The Morgan fingerprint density at radius 3 is 2.79 bits per heavy atom. The van der Waals surface area contributed by atoms with Gasteiger partial charge in [0.15, 0.2) is 0 Å². The van der Waals surface area contributed by atoms with E-state index in [4.69, 9.17) is 4.98 Å². The summed E-state index contributed by atoms with van der Waals surface area (Å²) in [6.45, 7) is 3.84. The summed E-state index contributed by atoms with van der Waals surface area (Å²) in [4.78, 5) is 9.30. The van der Waals surface area contributed by atoms with Crippen LogP contribution < -0.4 is 0 Å². The van der Waals surface area contributed by atoms with E-state index in [9.17, 15) is 4.39 Å². The smallest absolute Gasteiger partial charge is 0.207 e. The van der Waals surface area contributed by atoms with Gasteiger partial charge in [-0.2, -0.15) is 5.21 Å². The number of pyridine rings is 2. The summed E-state index contributed by atoms with van der Waals surface area (Å²) >= 11 is 0. The van der Waals surface area contributed by atoms with Crippen molar-refractivity contribution in [2.45, 2.75) is 65.0 Å². The number of rotatable bonds is 5. The third kappa shape index (κ3) is 3.66. The monoisotopic (exact) mass is 380 g/mol. The number of H-pyrrole nitrogens is 1. The van der Waals surface area contributed by atoms with E-state index in [2.05, 4.69) is 31.7 Å². The summed E-state index contributed by atoms with van der Waals surface area (Å²) in [5.41, 5.74) is 6.91. The number of aromatic amines is 1. The molecule has 0 bridgehead atoms. The van der Waals surface area contributed by atoms with E-state index >= 15 is 0 Å². The average molecular weight is 380 g/mol. The lowest BCUT2D eigenvalue weighted by molar-refractivity contribution is 0.321. The number of nitrogens with zero attached hydrogens (tertiary/aromatic N) is 5. The van der Waals surface area contributed by atoms with Crippen molar-refractivity contribution < 1.29 is 4.39 Å². The first-order chi connectivity index (χ1) is 13.7. The molecule has 1 aliphatic rings. The van der Waals surface area contributed by atoms with Crippen LogP contribution in [0.5, 0.6) is 0 Å². The van der Waals surface area contributed by atoms with Gasteiger partial charge in [-0.15, -0.1) is 10.2 Å². The highest BCUT2D eigenvalue weighted by Crippen LogP contribution is 2.39. The van der Waals surface area contributed by atoms with Gasteiger partial charge in [-0.1, -0.05) is 13.3 Å². The third-order valence-corrected chi connectivity index (χ3v) is 5.41. The molecule has 1 aliphatic carbocycles. The van der Waals surface area contributed by atoms with Crippen molar-refractivity contribution in [2.75, 3.05) is 0 Å². The molecule has 7 heteroatoms. The molecule has 28 heavy (non-hydrogen) atoms. The number of halogens is 1. The molecule has 146 valence electrons. The molecule has 0 spiro atoms. The van der Waals surface area contributed by atoms with Gasteiger partial charge in [0.2, 0.25) is 5.82 Å². The second-order valence-corrected chi connectivity index (χ2v) is 7.43. The fourth-order valence-electron chi connectivity index (χ4n) is 4.00. The molecule has 3 aromatic rings. The zero-order chi connectivity index (χ0) is 19.5. The highest BCUT2D eigenvalue weighted by molar-refractivity contribution is 5.85. The van der Waals surface area contributed by atoms with Crippen LogP contribution in [0.3, 0.4) is 0 Å². The van der Waals surface area contributed by atoms with Crippen molar-refractivity contribution in [1.29, 1.82) is 0 Å². The maximum absolute atomic E-state index is 14.4. The van der Waals surface area contributed by atoms with Crippen LogP contribution in [0.1, 0.15) is 55.3 Å². The summed E-state index contributed by atoms with van der Waals surface area (Å²) in [6, 6.07) is 4.08. The Bertz CT molecular complexity index is 954. The van der Waals surface area contributed by atoms with Crippen LogP contribution in [0.15, 0.2) is 18.3 Å². The lowest BCUT2D eigenvalue weighted by atomic mass is 9.88. The summed E-state index contributed by atoms with van der Waals surface area (Å²) in [5.74, 6) is 0.474. The SMILES string of the molecule is CCC(F)Cc1nc2c(c(-c3ccnc(C)c3)c1-c1nn[nH]n1)CCCCC2. The molecule has 1 unspecified atom stereocenters. The van der Waals surface area contributed by atoms with Crippen LogP contribution in [0.2, 0.25) is 0 Å². The van der Waals surface area contributed by atoms with Crippen LogP contribution in [0.4, 0.5) is 4.39 Å². The fraction of sp³-hybridized carbons (Fsp3) is 0.476. The largest absolute Gasteiger partial charge is 0.262 e. The minimum absolute atomic E-state index is 0.255. The van der Waals surface area contributed by atoms with Gasteiger partial charge in [-0.05, 0) is 73.1 Å². The Hall–Kier alpha value is -2.70. The van der Waals surface area contributed by atoms with Gasteiger partial charge in [0, 0.05) is 24.0 Å². The molecule has 0 amide bonds. The summed E-state index contributed by atoms with van der Waals surface area (Å²) in [7, 11) is 0. The maximum atomic E-state index is 14.4. The summed E-state index contributed by atoms with van der Waals surface area (Å²) in [6.07, 6.45) is 6.87. The van der Waals surface area contributed by atoms with Crippen molar-refractivity contribution >= 4 is 0 Å². The van der Waals surface area contributed by atoms with Crippen molar-refractivity contribution in [2.24, 2.45) is 0 Å². The normalized spacial score (nSPS) is 15.1. The zero-order valence-electron chi connectivity index (χ0n) is 16.4. The van der Waals surface area contributed by atoms with E-state index < -0.39 is 6.17 Å². The minimum atomic E-state index is -0.950. The van der Waals surface area contributed by atoms with E-state index in [-0.39, 0.29) is 6.42 Å². The highest BCUT2D eigenvalue weighted by Gasteiger charge is 2.26. The predicted octanol–water partition coefficient (Wildman–Crippen LogP) is 4.19. The average Bonchev–Trinajstić information content (AvgIpc) is 3.12. The second kappa shape index (κ2) is 8.12. The first kappa shape index (κ1) is 18.7. The quantitative estimate of drug-likeness (QED) is 0.671. The summed E-state index contributed by atoms with van der Waals surface area (Å²) in [5, 5.41) is 14.8. The second-order valence-electron chi connectivity index (χ2n) is 7.43. The van der Waals surface area contributed by atoms with E-state index in [1.807, 2.05) is 26.1 Å². The number of aryl methyl sites for hydroxylation is 2. The van der Waals surface area contributed by atoms with Crippen LogP contribution in [0, 0.1) is 6.92 Å². The molecule has 1 N–H and O–H groups in total. The van der Waals surface area contributed by atoms with Crippen LogP contribution in [0.25, 0.3) is 22.5 Å². The van der Waals surface area contributed by atoms with Crippen LogP contribution in [-0.2, 0) is 19.3 Å². The lowest BCUT2D eigenvalue weighted by Crippen LogP contribution is -2.12. The molecule has 6 nitrogen and oxygen atoms in total. The molecule has 3 heterocycles. The van der Waals surface area contributed by atoms with Gasteiger partial charge in [-0.3, -0.25) is 9.97 Å². The van der Waals surface area contributed by atoms with Gasteiger partial charge in [-0.25, -0.2) is 4.39 Å². The van der Waals surface area contributed by atoms with E-state index in [0.29, 0.717) is 12.2 Å². The van der Waals surface area contributed by atoms with Crippen molar-refractivity contribution in [3.63, 3.8) is 0 Å². The minimum Gasteiger partial charge on any atom is -0.262 e. The Morgan fingerprint density at radius 2 is 2.04 bits per heavy atom. The van der Waals surface area contributed by atoms with Crippen LogP contribution in [-0.4, -0.2) is 36.8 Å². The molecule has 1 atom stereocenters. The number of alkyl halides is 1. The number of tetrazole rings is 1. The Labute approximate surface area is 164 Å². The third-order valence-electron chi connectivity index (χ3n) is 5.41. The molecular formula is C21H25FN6. The zero-order valence-corrected chi connectivity index (χ0v) is 16.4. The number of hydrogen-bond donors (Lipinski definition) is 1. The topological polar surface area (TPSA) is 80.2 Å². The number of nitrogens with one attached hydrogen (secondary N) is 1. The number of hydrogen-bond acceptors (Lipinski definition) is 5. The first-order valence-corrected chi connectivity index (χ1v) is 10.0. The first-order valence-electron chi connectivity index (χ1n) is 10.0. The Balaban J connectivity index is 2.03. The van der Waals surface area contributed by atoms with Crippen LogP contribution >= 0.6 is 0 Å². The van der Waals surface area contributed by atoms with Gasteiger partial charge >= 0.3 is 0 Å². The molecule has 3 aromatic heterocycles. The van der Waals surface area contributed by atoms with Crippen molar-refractivity contribution in [3.8, 4) is 22.5 Å². The molecule has 0 saturated carbocycles. The van der Waals surface area contributed by atoms with E-state index in [1.165, 1.54) is 12.0 Å². The standard InChI is InChI=1S/C21H25FN6/c1-3-15(22)12-18-20(21-25-27-28-26-21)19(14-9-10-23-13(2)11-14)16-7-5-4-6-8-17(16)24-18/h9-11,15H,3-8,12H2,1-2H3,(H,25,26,27,28).